The summed E-state index contributed by atoms with van der Waals surface area (Å²) in [5, 5.41) is 4.11. The number of piperidine rings is 1. The van der Waals surface area contributed by atoms with Gasteiger partial charge in [0, 0.05) is 19.0 Å². The van der Waals surface area contributed by atoms with Crippen LogP contribution in [0.2, 0.25) is 0 Å². The topological polar surface area (TPSA) is 51.1 Å². The highest BCUT2D eigenvalue weighted by atomic mass is 16.6. The second kappa shape index (κ2) is 6.38. The van der Waals surface area contributed by atoms with Crippen LogP contribution in [0.5, 0.6) is 5.75 Å². The Balaban J connectivity index is 1.64. The highest BCUT2D eigenvalue weighted by Crippen LogP contribution is 2.23. The molecule has 0 N–H and O–H groups in total. The van der Waals surface area contributed by atoms with Crippen LogP contribution >= 0.6 is 0 Å². The smallest absolute Gasteiger partial charge is 0.267 e. The van der Waals surface area contributed by atoms with Crippen LogP contribution in [-0.2, 0) is 9.63 Å². The summed E-state index contributed by atoms with van der Waals surface area (Å²) in [5.74, 6) is 0.873. The van der Waals surface area contributed by atoms with Gasteiger partial charge in [-0.15, -0.1) is 0 Å². The third-order valence-electron chi connectivity index (χ3n) is 4.45. The molecule has 0 saturated carbocycles. The molecule has 1 amide bonds. The van der Waals surface area contributed by atoms with Gasteiger partial charge in [-0.1, -0.05) is 5.16 Å². The number of nitrogens with zero attached hydrogens (tertiary/aromatic N) is 2. The summed E-state index contributed by atoms with van der Waals surface area (Å²) in [5.41, 5.74) is 1.80. The van der Waals surface area contributed by atoms with Gasteiger partial charge >= 0.3 is 0 Å². The first-order chi connectivity index (χ1) is 10.7. The molecule has 0 aromatic heterocycles. The van der Waals surface area contributed by atoms with Gasteiger partial charge in [-0.05, 0) is 56.0 Å². The van der Waals surface area contributed by atoms with Crippen molar-refractivity contribution in [3.63, 3.8) is 0 Å². The van der Waals surface area contributed by atoms with Crippen LogP contribution in [0.1, 0.15) is 38.2 Å². The normalized spacial score (nSPS) is 24.6. The number of benzene rings is 1. The Morgan fingerprint density at radius 3 is 2.77 bits per heavy atom. The molecular formula is C17H22N2O3. The van der Waals surface area contributed by atoms with Crippen LogP contribution in [-0.4, -0.2) is 42.3 Å². The Kier molecular flexibility index (Phi) is 4.32. The van der Waals surface area contributed by atoms with E-state index in [0.717, 1.165) is 36.4 Å². The van der Waals surface area contributed by atoms with Crippen LogP contribution in [0.3, 0.4) is 0 Å². The molecule has 1 aromatic rings. The molecule has 0 aliphatic carbocycles. The van der Waals surface area contributed by atoms with E-state index in [1.165, 1.54) is 6.42 Å². The zero-order valence-electron chi connectivity index (χ0n) is 13.1. The highest BCUT2D eigenvalue weighted by Gasteiger charge is 2.35. The highest BCUT2D eigenvalue weighted by molar-refractivity contribution is 6.04. The number of rotatable bonds is 3. The standard InChI is InChI=1S/C17H22N2O3/c1-12-5-3-4-10-19(12)17(20)16-11-15(18-22-16)13-6-8-14(21-2)9-7-13/h6-9,12,16H,3-5,10-11H2,1-2H3. The van der Waals surface area contributed by atoms with Gasteiger partial charge in [0.05, 0.1) is 12.8 Å². The number of hydrogen-bond donors (Lipinski definition) is 0. The maximum absolute atomic E-state index is 12.6. The first kappa shape index (κ1) is 14.9. The number of oxime groups is 1. The number of methoxy groups -OCH3 is 1. The fourth-order valence-electron chi connectivity index (χ4n) is 3.07. The van der Waals surface area contributed by atoms with E-state index in [2.05, 4.69) is 12.1 Å². The first-order valence-corrected chi connectivity index (χ1v) is 7.86. The van der Waals surface area contributed by atoms with Crippen LogP contribution in [0.15, 0.2) is 29.4 Å². The van der Waals surface area contributed by atoms with E-state index < -0.39 is 6.10 Å². The lowest BCUT2D eigenvalue weighted by molar-refractivity contribution is -0.145. The van der Waals surface area contributed by atoms with Crippen LogP contribution in [0.25, 0.3) is 0 Å². The average molecular weight is 302 g/mol. The van der Waals surface area contributed by atoms with Crippen LogP contribution in [0.4, 0.5) is 0 Å². The van der Waals surface area contributed by atoms with Crippen molar-refractivity contribution in [2.24, 2.45) is 5.16 Å². The van der Waals surface area contributed by atoms with E-state index in [-0.39, 0.29) is 5.91 Å². The number of carbonyl (C=O) groups is 1. The van der Waals surface area contributed by atoms with Crippen molar-refractivity contribution in [1.82, 2.24) is 4.90 Å². The molecule has 2 atom stereocenters. The van der Waals surface area contributed by atoms with E-state index in [1.54, 1.807) is 7.11 Å². The summed E-state index contributed by atoms with van der Waals surface area (Å²) in [7, 11) is 1.64. The van der Waals surface area contributed by atoms with E-state index in [0.29, 0.717) is 12.5 Å². The van der Waals surface area contributed by atoms with Gasteiger partial charge in [0.1, 0.15) is 5.75 Å². The van der Waals surface area contributed by atoms with Crippen molar-refractivity contribution < 1.29 is 14.4 Å². The van der Waals surface area contributed by atoms with Crippen LogP contribution < -0.4 is 4.74 Å². The summed E-state index contributed by atoms with van der Waals surface area (Å²) >= 11 is 0. The monoisotopic (exact) mass is 302 g/mol. The zero-order chi connectivity index (χ0) is 15.5. The van der Waals surface area contributed by atoms with E-state index >= 15 is 0 Å². The molecule has 0 radical (unpaired) electrons. The fourth-order valence-corrected chi connectivity index (χ4v) is 3.07. The minimum absolute atomic E-state index is 0.0689. The number of hydrogen-bond acceptors (Lipinski definition) is 4. The molecule has 2 aliphatic rings. The lowest BCUT2D eigenvalue weighted by Gasteiger charge is -2.34. The minimum Gasteiger partial charge on any atom is -0.497 e. The molecule has 2 heterocycles. The molecule has 5 nitrogen and oxygen atoms in total. The predicted octanol–water partition coefficient (Wildman–Crippen LogP) is 2.59. The largest absolute Gasteiger partial charge is 0.497 e. The average Bonchev–Trinajstić information content (AvgIpc) is 3.05. The molecule has 1 aromatic carbocycles. The Morgan fingerprint density at radius 2 is 2.09 bits per heavy atom. The fraction of sp³-hybridized carbons (Fsp3) is 0.529. The van der Waals surface area contributed by atoms with E-state index in [9.17, 15) is 4.79 Å². The van der Waals surface area contributed by atoms with Gasteiger partial charge in [0.15, 0.2) is 0 Å². The van der Waals surface area contributed by atoms with Crippen molar-refractivity contribution in [3.8, 4) is 5.75 Å². The molecule has 2 unspecified atom stereocenters. The zero-order valence-corrected chi connectivity index (χ0v) is 13.1. The van der Waals surface area contributed by atoms with E-state index in [1.807, 2.05) is 29.2 Å². The van der Waals surface area contributed by atoms with Crippen molar-refractivity contribution in [2.45, 2.75) is 44.8 Å². The molecule has 0 bridgehead atoms. The van der Waals surface area contributed by atoms with Gasteiger partial charge in [-0.3, -0.25) is 4.79 Å². The van der Waals surface area contributed by atoms with Crippen molar-refractivity contribution in [1.29, 1.82) is 0 Å². The summed E-state index contributed by atoms with van der Waals surface area (Å²) in [6, 6.07) is 7.96. The minimum atomic E-state index is -0.474. The van der Waals surface area contributed by atoms with Crippen molar-refractivity contribution in [2.75, 3.05) is 13.7 Å². The van der Waals surface area contributed by atoms with Crippen molar-refractivity contribution in [3.05, 3.63) is 29.8 Å². The number of likely N-dealkylation sites (tertiary alicyclic amines) is 1. The van der Waals surface area contributed by atoms with Gasteiger partial charge in [-0.2, -0.15) is 0 Å². The summed E-state index contributed by atoms with van der Waals surface area (Å²) < 4.78 is 5.15. The molecule has 1 fully saturated rings. The Morgan fingerprint density at radius 1 is 1.32 bits per heavy atom. The molecule has 3 rings (SSSR count). The molecule has 2 aliphatic heterocycles. The number of ether oxygens (including phenoxy) is 1. The quantitative estimate of drug-likeness (QED) is 0.862. The Hall–Kier alpha value is -2.04. The number of amides is 1. The lowest BCUT2D eigenvalue weighted by atomic mass is 10.0. The maximum atomic E-state index is 12.6. The summed E-state index contributed by atoms with van der Waals surface area (Å²) in [4.78, 5) is 19.9. The van der Waals surface area contributed by atoms with Gasteiger partial charge in [0.25, 0.3) is 5.91 Å². The molecule has 22 heavy (non-hydrogen) atoms. The van der Waals surface area contributed by atoms with Gasteiger partial charge in [0.2, 0.25) is 6.10 Å². The lowest BCUT2D eigenvalue weighted by Crippen LogP contribution is -2.47. The second-order valence-corrected chi connectivity index (χ2v) is 5.94. The van der Waals surface area contributed by atoms with E-state index in [4.69, 9.17) is 9.57 Å². The van der Waals surface area contributed by atoms with Gasteiger partial charge < -0.3 is 14.5 Å². The maximum Gasteiger partial charge on any atom is 0.267 e. The Bertz CT molecular complexity index is 568. The number of carbonyl (C=O) groups excluding carboxylic acids is 1. The van der Waals surface area contributed by atoms with Crippen molar-refractivity contribution >= 4 is 11.6 Å². The first-order valence-electron chi connectivity index (χ1n) is 7.86. The molecule has 0 spiro atoms. The predicted molar refractivity (Wildman–Crippen MR) is 84.0 cm³/mol. The summed E-state index contributed by atoms with van der Waals surface area (Å²) in [6.45, 7) is 2.94. The third-order valence-corrected chi connectivity index (χ3v) is 4.45. The van der Waals surface area contributed by atoms with Gasteiger partial charge in [-0.25, -0.2) is 0 Å². The SMILES string of the molecule is COc1ccc(C2=NOC(C(=O)N3CCCCC3C)C2)cc1. The third kappa shape index (κ3) is 2.93. The molecule has 5 heteroatoms. The van der Waals surface area contributed by atoms with Crippen LogP contribution in [0, 0.1) is 0 Å². The molecular weight excluding hydrogens is 280 g/mol. The molecule has 1 saturated heterocycles. The molecule has 118 valence electrons. The second-order valence-electron chi connectivity index (χ2n) is 5.94. The Labute approximate surface area is 130 Å². The summed E-state index contributed by atoms with van der Waals surface area (Å²) in [6.07, 6.45) is 3.41.